The number of nitrogens with one attached hydrogen (secondary N) is 2. The summed E-state index contributed by atoms with van der Waals surface area (Å²) in [6.07, 6.45) is 1.59. The third kappa shape index (κ3) is 6.55. The van der Waals surface area contributed by atoms with Crippen molar-refractivity contribution >= 4 is 50.9 Å². The van der Waals surface area contributed by atoms with Crippen LogP contribution in [0.1, 0.15) is 25.8 Å². The Labute approximate surface area is 219 Å². The van der Waals surface area contributed by atoms with Gasteiger partial charge >= 0.3 is 6.03 Å². The predicted octanol–water partition coefficient (Wildman–Crippen LogP) is 5.06. The van der Waals surface area contributed by atoms with Gasteiger partial charge in [-0.05, 0) is 62.6 Å². The number of carbonyl (C=O) groups is 1. The van der Waals surface area contributed by atoms with Crippen LogP contribution in [0, 0.1) is 0 Å². The molecule has 0 bridgehead atoms. The summed E-state index contributed by atoms with van der Waals surface area (Å²) >= 11 is 15.6. The number of ether oxygens (including phenoxy) is 1. The van der Waals surface area contributed by atoms with Gasteiger partial charge in [0.05, 0.1) is 6.04 Å². The summed E-state index contributed by atoms with van der Waals surface area (Å²) in [6.45, 7) is 8.43. The zero-order valence-corrected chi connectivity index (χ0v) is 22.5. The van der Waals surface area contributed by atoms with Crippen molar-refractivity contribution in [1.82, 2.24) is 20.1 Å². The maximum atomic E-state index is 13.4. The molecular formula is C24H30BrCl2N5O2. The Bertz CT molecular complexity index is 1010. The van der Waals surface area contributed by atoms with Crippen LogP contribution >= 0.6 is 39.1 Å². The van der Waals surface area contributed by atoms with Crippen molar-refractivity contribution < 1.29 is 9.53 Å². The van der Waals surface area contributed by atoms with Gasteiger partial charge in [-0.3, -0.25) is 4.90 Å². The number of piperazine rings is 1. The summed E-state index contributed by atoms with van der Waals surface area (Å²) in [5.41, 5.74) is 1.60. The smallest absolute Gasteiger partial charge is 0.322 e. The third-order valence-electron chi connectivity index (χ3n) is 6.36. The van der Waals surface area contributed by atoms with Crippen molar-refractivity contribution in [3.05, 3.63) is 50.7 Å². The van der Waals surface area contributed by atoms with Crippen LogP contribution in [0.25, 0.3) is 0 Å². The molecular weight excluding hydrogens is 541 g/mol. The molecule has 2 amide bonds. The van der Waals surface area contributed by atoms with Crippen molar-refractivity contribution in [2.75, 3.05) is 38.1 Å². The molecule has 1 aromatic heterocycles. The summed E-state index contributed by atoms with van der Waals surface area (Å²) in [7, 11) is 0. The third-order valence-corrected chi connectivity index (χ3v) is 7.24. The van der Waals surface area contributed by atoms with Crippen LogP contribution in [-0.4, -0.2) is 71.7 Å². The molecule has 10 heteroatoms. The van der Waals surface area contributed by atoms with Gasteiger partial charge in [-0.1, -0.05) is 39.1 Å². The van der Waals surface area contributed by atoms with E-state index in [0.29, 0.717) is 30.9 Å². The first kappa shape index (κ1) is 25.5. The van der Waals surface area contributed by atoms with Crippen LogP contribution in [0.15, 0.2) is 34.8 Å². The molecule has 0 spiro atoms. The van der Waals surface area contributed by atoms with Gasteiger partial charge in [-0.2, -0.15) is 0 Å². The Balaban J connectivity index is 1.47. The highest BCUT2D eigenvalue weighted by Crippen LogP contribution is 2.30. The van der Waals surface area contributed by atoms with E-state index in [-0.39, 0.29) is 22.4 Å². The van der Waals surface area contributed by atoms with Crippen LogP contribution in [0.3, 0.4) is 0 Å². The van der Waals surface area contributed by atoms with Crippen LogP contribution in [-0.2, 0) is 6.42 Å². The van der Waals surface area contributed by atoms with Gasteiger partial charge in [0, 0.05) is 48.4 Å². The number of rotatable bonds is 6. The second-order valence-corrected chi connectivity index (χ2v) is 10.7. The largest absolute Gasteiger partial charge is 0.491 e. The highest BCUT2D eigenvalue weighted by molar-refractivity contribution is 9.10. The van der Waals surface area contributed by atoms with E-state index in [2.05, 4.69) is 56.4 Å². The fraction of sp³-hybridized carbons (Fsp3) is 0.500. The number of amides is 2. The zero-order chi connectivity index (χ0) is 24.2. The van der Waals surface area contributed by atoms with Crippen molar-refractivity contribution in [3.63, 3.8) is 0 Å². The van der Waals surface area contributed by atoms with E-state index >= 15 is 0 Å². The molecule has 2 aliphatic heterocycles. The molecule has 1 fully saturated rings. The van der Waals surface area contributed by atoms with Crippen molar-refractivity contribution in [2.45, 2.75) is 44.8 Å². The standard InChI is InChI=1S/C24H30BrCl2N5O2/c1-15-13-31(16(2)12-28-15)6-3-7-32(24(33)29-19-10-22(26)30-23(27)11-19)20-9-17-8-18(25)4-5-21(17)34-14-20/h4-5,8,10-11,15-16,20,28H,3,6-7,9,12-14H2,1-2H3,(H,29,30,33)/t15-,16+,20?/m0/s1. The fourth-order valence-electron chi connectivity index (χ4n) is 4.58. The average Bonchev–Trinajstić information content (AvgIpc) is 2.77. The molecule has 1 unspecified atom stereocenters. The van der Waals surface area contributed by atoms with Gasteiger partial charge in [0.2, 0.25) is 0 Å². The molecule has 7 nitrogen and oxygen atoms in total. The molecule has 3 heterocycles. The lowest BCUT2D eigenvalue weighted by molar-refractivity contribution is 0.118. The van der Waals surface area contributed by atoms with Crippen LogP contribution in [0.4, 0.5) is 10.5 Å². The van der Waals surface area contributed by atoms with Gasteiger partial charge in [0.15, 0.2) is 0 Å². The number of hydrogen-bond acceptors (Lipinski definition) is 5. The van der Waals surface area contributed by atoms with Gasteiger partial charge in [-0.25, -0.2) is 9.78 Å². The highest BCUT2D eigenvalue weighted by Gasteiger charge is 2.30. The van der Waals surface area contributed by atoms with E-state index in [0.717, 1.165) is 48.3 Å². The molecule has 1 aromatic carbocycles. The Morgan fingerprint density at radius 3 is 2.82 bits per heavy atom. The molecule has 3 atom stereocenters. The minimum Gasteiger partial charge on any atom is -0.491 e. The van der Waals surface area contributed by atoms with Crippen molar-refractivity contribution in [1.29, 1.82) is 0 Å². The summed E-state index contributed by atoms with van der Waals surface area (Å²) < 4.78 is 7.02. The van der Waals surface area contributed by atoms with E-state index in [4.69, 9.17) is 27.9 Å². The van der Waals surface area contributed by atoms with E-state index in [1.165, 1.54) is 0 Å². The fourth-order valence-corrected chi connectivity index (χ4v) is 5.45. The van der Waals surface area contributed by atoms with E-state index in [1.807, 2.05) is 17.0 Å². The molecule has 4 rings (SSSR count). The second kappa shape index (κ2) is 11.4. The van der Waals surface area contributed by atoms with Gasteiger partial charge in [0.1, 0.15) is 22.7 Å². The predicted molar refractivity (Wildman–Crippen MR) is 140 cm³/mol. The van der Waals surface area contributed by atoms with Crippen LogP contribution < -0.4 is 15.4 Å². The zero-order valence-electron chi connectivity index (χ0n) is 19.4. The maximum Gasteiger partial charge on any atom is 0.322 e. The lowest BCUT2D eigenvalue weighted by Gasteiger charge is -2.39. The molecule has 0 radical (unpaired) electrons. The Hall–Kier alpha value is -1.58. The number of anilines is 1. The Morgan fingerprint density at radius 2 is 2.06 bits per heavy atom. The summed E-state index contributed by atoms with van der Waals surface area (Å²) in [4.78, 5) is 21.8. The topological polar surface area (TPSA) is 69.7 Å². The number of fused-ring (bicyclic) bond motifs is 1. The lowest BCUT2D eigenvalue weighted by atomic mass is 10.0. The average molecular weight is 571 g/mol. The monoisotopic (exact) mass is 569 g/mol. The minimum atomic E-state index is -0.202. The molecule has 184 valence electrons. The van der Waals surface area contributed by atoms with Gasteiger partial charge in [-0.15, -0.1) is 0 Å². The number of pyridine rings is 1. The number of nitrogens with zero attached hydrogens (tertiary/aromatic N) is 3. The first-order chi connectivity index (χ1) is 16.3. The van der Waals surface area contributed by atoms with Crippen molar-refractivity contribution in [2.24, 2.45) is 0 Å². The number of urea groups is 1. The number of benzene rings is 1. The van der Waals surface area contributed by atoms with Crippen LogP contribution in [0.5, 0.6) is 5.75 Å². The first-order valence-corrected chi connectivity index (χ1v) is 13.1. The second-order valence-electron chi connectivity index (χ2n) is 9.05. The van der Waals surface area contributed by atoms with Gasteiger partial charge in [0.25, 0.3) is 0 Å². The first-order valence-electron chi connectivity index (χ1n) is 11.6. The summed E-state index contributed by atoms with van der Waals surface area (Å²) in [5.74, 6) is 0.871. The van der Waals surface area contributed by atoms with E-state index < -0.39 is 0 Å². The molecule has 0 aliphatic carbocycles. The lowest BCUT2D eigenvalue weighted by Crippen LogP contribution is -2.55. The van der Waals surface area contributed by atoms with E-state index in [1.54, 1.807) is 12.1 Å². The summed E-state index contributed by atoms with van der Waals surface area (Å²) in [5, 5.41) is 6.93. The SMILES string of the molecule is C[C@@H]1CN[C@@H](C)CN1CCCN(C(=O)Nc1cc(Cl)nc(Cl)c1)C1COc2ccc(Br)cc2C1. The van der Waals surface area contributed by atoms with E-state index in [9.17, 15) is 4.79 Å². The molecule has 0 saturated carbocycles. The minimum absolute atomic E-state index is 0.0889. The number of hydrogen-bond donors (Lipinski definition) is 2. The highest BCUT2D eigenvalue weighted by atomic mass is 79.9. The number of halogens is 3. The van der Waals surface area contributed by atoms with Crippen LogP contribution in [0.2, 0.25) is 10.3 Å². The quantitative estimate of drug-likeness (QED) is 0.475. The number of carbonyl (C=O) groups excluding carboxylic acids is 1. The van der Waals surface area contributed by atoms with Crippen molar-refractivity contribution in [3.8, 4) is 5.75 Å². The molecule has 2 N–H and O–H groups in total. The molecule has 34 heavy (non-hydrogen) atoms. The molecule has 2 aromatic rings. The normalized spacial score (nSPS) is 22.6. The van der Waals surface area contributed by atoms with Gasteiger partial charge < -0.3 is 20.3 Å². The maximum absolute atomic E-state index is 13.4. The Kier molecular flexibility index (Phi) is 8.58. The summed E-state index contributed by atoms with van der Waals surface area (Å²) in [6, 6.07) is 9.84. The number of aromatic nitrogens is 1. The molecule has 1 saturated heterocycles. The molecule has 2 aliphatic rings. The Morgan fingerprint density at radius 1 is 1.29 bits per heavy atom.